The molecular weight excluding hydrogens is 386 g/mol. The molecule has 1 aromatic heterocycles. The third-order valence-electron chi connectivity index (χ3n) is 6.15. The predicted molar refractivity (Wildman–Crippen MR) is 122 cm³/mol. The monoisotopic (exact) mass is 407 g/mol. The normalized spacial score (nSPS) is 19.1. The first-order valence-electron chi connectivity index (χ1n) is 10.4. The number of nitrogens with two attached hydrogens (primary N) is 1. The highest BCUT2D eigenvalue weighted by molar-refractivity contribution is 6.03. The molecule has 0 saturated heterocycles. The number of hydrogen-bond acceptors (Lipinski definition) is 4. The van der Waals surface area contributed by atoms with Gasteiger partial charge < -0.3 is 16.0 Å². The Labute approximate surface area is 179 Å². The Morgan fingerprint density at radius 3 is 2.65 bits per heavy atom. The average molecular weight is 407 g/mol. The number of fused-ring (bicyclic) bond motifs is 4. The van der Waals surface area contributed by atoms with Crippen LogP contribution in [0.5, 0.6) is 0 Å². The smallest absolute Gasteiger partial charge is 0.229 e. The second kappa shape index (κ2) is 6.54. The van der Waals surface area contributed by atoms with E-state index < -0.39 is 5.92 Å². The Balaban J connectivity index is 1.50. The molecule has 0 unspecified atom stereocenters. The number of imidazole rings is 1. The molecule has 0 radical (unpaired) electrons. The van der Waals surface area contributed by atoms with Crippen LogP contribution in [-0.2, 0) is 4.79 Å². The number of hydrogen-bond donors (Lipinski definition) is 3. The molecule has 1 aliphatic heterocycles. The largest absolute Gasteiger partial charge is 0.369 e. The number of rotatable bonds is 3. The molecular formula is C25H21N5O. The number of carbonyl (C=O) groups is 1. The number of aliphatic imine (C=N–C) groups is 1. The summed E-state index contributed by atoms with van der Waals surface area (Å²) in [6, 6.07) is 20.5. The molecule has 3 aromatic carbocycles. The maximum atomic E-state index is 12.3. The highest BCUT2D eigenvalue weighted by Gasteiger charge is 2.34. The van der Waals surface area contributed by atoms with Crippen LogP contribution in [-0.4, -0.2) is 34.3 Å². The van der Waals surface area contributed by atoms with Crippen molar-refractivity contribution in [1.82, 2.24) is 15.3 Å². The summed E-state index contributed by atoms with van der Waals surface area (Å²) in [5.41, 5.74) is 13.6. The van der Waals surface area contributed by atoms with Gasteiger partial charge in [-0.25, -0.2) is 4.98 Å². The van der Waals surface area contributed by atoms with Crippen molar-refractivity contribution in [2.75, 3.05) is 6.54 Å². The second-order valence-corrected chi connectivity index (χ2v) is 8.24. The van der Waals surface area contributed by atoms with E-state index in [9.17, 15) is 4.79 Å². The first-order chi connectivity index (χ1) is 15.1. The molecule has 0 fully saturated rings. The van der Waals surface area contributed by atoms with Gasteiger partial charge >= 0.3 is 0 Å². The minimum atomic E-state index is -0.435. The minimum absolute atomic E-state index is 0.336. The molecule has 1 amide bonds. The van der Waals surface area contributed by atoms with Crippen LogP contribution >= 0.6 is 0 Å². The van der Waals surface area contributed by atoms with Crippen LogP contribution in [0.3, 0.4) is 0 Å². The zero-order valence-corrected chi connectivity index (χ0v) is 17.0. The Morgan fingerprint density at radius 2 is 1.84 bits per heavy atom. The van der Waals surface area contributed by atoms with E-state index in [1.165, 1.54) is 0 Å². The fourth-order valence-electron chi connectivity index (χ4n) is 4.77. The predicted octanol–water partition coefficient (Wildman–Crippen LogP) is 3.57. The van der Waals surface area contributed by atoms with Gasteiger partial charge in [-0.2, -0.15) is 0 Å². The van der Waals surface area contributed by atoms with Crippen LogP contribution in [0.15, 0.2) is 65.7 Å². The summed E-state index contributed by atoms with van der Waals surface area (Å²) in [5.74, 6) is 0.926. The topological polar surface area (TPSA) is 96.2 Å². The lowest BCUT2D eigenvalue weighted by Gasteiger charge is -2.09. The van der Waals surface area contributed by atoms with Gasteiger partial charge in [0.25, 0.3) is 0 Å². The van der Waals surface area contributed by atoms with E-state index >= 15 is 0 Å². The highest BCUT2D eigenvalue weighted by atomic mass is 16.1. The van der Waals surface area contributed by atoms with Crippen molar-refractivity contribution in [3.05, 3.63) is 77.4 Å². The van der Waals surface area contributed by atoms with E-state index in [4.69, 9.17) is 10.7 Å². The molecule has 0 bridgehead atoms. The Kier molecular flexibility index (Phi) is 3.77. The van der Waals surface area contributed by atoms with Crippen LogP contribution in [0.25, 0.3) is 33.5 Å². The standard InChI is InChI=1S/C25H21N5O/c1-13-12-27-24(28-13)14-9-10-19-20(11-14)30-25(29-19)18-8-4-7-17-21(18)15-5-2-3-6-16(15)22(17)23(26)31/h2-11,13,22H,12H2,1H3,(H2,26,31)(H,27,28)(H,29,30)/t13-,22+/m0/s1. The number of aromatic nitrogens is 2. The van der Waals surface area contributed by atoms with Gasteiger partial charge in [-0.05, 0) is 47.4 Å². The first-order valence-corrected chi connectivity index (χ1v) is 10.4. The van der Waals surface area contributed by atoms with Crippen LogP contribution in [0.1, 0.15) is 29.5 Å². The summed E-state index contributed by atoms with van der Waals surface area (Å²) in [6.45, 7) is 2.91. The minimum Gasteiger partial charge on any atom is -0.369 e. The molecule has 2 heterocycles. The Hall–Kier alpha value is -3.93. The molecule has 1 aliphatic carbocycles. The SMILES string of the molecule is C[C@H]1CN=C(c2ccc3nc(-c4cccc5c4-c4ccccc4[C@H]5C(N)=O)[nH]c3c2)N1. The van der Waals surface area contributed by atoms with Crippen molar-refractivity contribution in [2.45, 2.75) is 18.9 Å². The third-order valence-corrected chi connectivity index (χ3v) is 6.15. The number of amides is 1. The molecule has 2 aliphatic rings. The zero-order chi connectivity index (χ0) is 21.1. The first kappa shape index (κ1) is 17.9. The van der Waals surface area contributed by atoms with Gasteiger partial charge in [0, 0.05) is 17.2 Å². The lowest BCUT2D eigenvalue weighted by molar-refractivity contribution is -0.118. The molecule has 2 atom stereocenters. The number of amidine groups is 1. The molecule has 0 saturated carbocycles. The van der Waals surface area contributed by atoms with Gasteiger partial charge in [0.05, 0.1) is 23.5 Å². The summed E-state index contributed by atoms with van der Waals surface area (Å²) >= 11 is 0. The van der Waals surface area contributed by atoms with E-state index in [0.717, 1.165) is 62.6 Å². The van der Waals surface area contributed by atoms with Gasteiger partial charge in [-0.3, -0.25) is 9.79 Å². The second-order valence-electron chi connectivity index (χ2n) is 8.24. The number of carbonyl (C=O) groups excluding carboxylic acids is 1. The maximum Gasteiger partial charge on any atom is 0.229 e. The van der Waals surface area contributed by atoms with E-state index in [0.29, 0.717) is 6.04 Å². The van der Waals surface area contributed by atoms with Crippen molar-refractivity contribution in [3.8, 4) is 22.5 Å². The highest BCUT2D eigenvalue weighted by Crippen LogP contribution is 2.48. The van der Waals surface area contributed by atoms with Crippen molar-refractivity contribution < 1.29 is 4.79 Å². The van der Waals surface area contributed by atoms with Crippen LogP contribution in [0.4, 0.5) is 0 Å². The summed E-state index contributed by atoms with van der Waals surface area (Å²) < 4.78 is 0. The fraction of sp³-hybridized carbons (Fsp3) is 0.160. The molecule has 4 aromatic rings. The zero-order valence-electron chi connectivity index (χ0n) is 17.0. The van der Waals surface area contributed by atoms with Gasteiger partial charge in [0.15, 0.2) is 0 Å². The summed E-state index contributed by atoms with van der Waals surface area (Å²) in [5, 5.41) is 3.41. The molecule has 6 heteroatoms. The number of primary amides is 1. The van der Waals surface area contributed by atoms with Crippen molar-refractivity contribution in [2.24, 2.45) is 10.7 Å². The van der Waals surface area contributed by atoms with E-state index in [1.54, 1.807) is 0 Å². The molecule has 31 heavy (non-hydrogen) atoms. The molecule has 6 rings (SSSR count). The maximum absolute atomic E-state index is 12.3. The number of benzene rings is 3. The van der Waals surface area contributed by atoms with Gasteiger partial charge in [0.2, 0.25) is 5.91 Å². The molecule has 4 N–H and O–H groups in total. The Bertz CT molecular complexity index is 1400. The van der Waals surface area contributed by atoms with Crippen molar-refractivity contribution in [3.63, 3.8) is 0 Å². The van der Waals surface area contributed by atoms with E-state index in [2.05, 4.69) is 28.3 Å². The fourth-order valence-corrected chi connectivity index (χ4v) is 4.77. The van der Waals surface area contributed by atoms with Crippen LogP contribution in [0, 0.1) is 0 Å². The average Bonchev–Trinajstić information content (AvgIpc) is 3.47. The number of nitrogens with one attached hydrogen (secondary N) is 2. The summed E-state index contributed by atoms with van der Waals surface area (Å²) in [6.07, 6.45) is 0. The Morgan fingerprint density at radius 1 is 1.03 bits per heavy atom. The van der Waals surface area contributed by atoms with Crippen LogP contribution in [0.2, 0.25) is 0 Å². The van der Waals surface area contributed by atoms with E-state index in [-0.39, 0.29) is 5.91 Å². The lowest BCUT2D eigenvalue weighted by atomic mass is 9.95. The van der Waals surface area contributed by atoms with Gasteiger partial charge in [0.1, 0.15) is 11.7 Å². The summed E-state index contributed by atoms with van der Waals surface area (Å²) in [7, 11) is 0. The number of aromatic amines is 1. The lowest BCUT2D eigenvalue weighted by Crippen LogP contribution is -2.27. The number of H-pyrrole nitrogens is 1. The van der Waals surface area contributed by atoms with Crippen molar-refractivity contribution >= 4 is 22.8 Å². The summed E-state index contributed by atoms with van der Waals surface area (Å²) in [4.78, 5) is 25.2. The number of nitrogens with zero attached hydrogens (tertiary/aromatic N) is 2. The molecule has 152 valence electrons. The molecule has 6 nitrogen and oxygen atoms in total. The van der Waals surface area contributed by atoms with E-state index in [1.807, 2.05) is 54.6 Å². The van der Waals surface area contributed by atoms with Gasteiger partial charge in [-0.1, -0.05) is 42.5 Å². The third kappa shape index (κ3) is 2.68. The van der Waals surface area contributed by atoms with Crippen molar-refractivity contribution in [1.29, 1.82) is 0 Å². The van der Waals surface area contributed by atoms with Crippen LogP contribution < -0.4 is 11.1 Å². The quantitative estimate of drug-likeness (QED) is 0.484. The molecule has 0 spiro atoms. The van der Waals surface area contributed by atoms with Gasteiger partial charge in [-0.15, -0.1) is 0 Å².